The maximum absolute atomic E-state index is 10.2. The van der Waals surface area contributed by atoms with Crippen LogP contribution < -0.4 is 0 Å². The Labute approximate surface area is 61.0 Å². The fourth-order valence-electron chi connectivity index (χ4n) is 0.423. The number of hydrogen-bond acceptors (Lipinski definition) is 1. The van der Waals surface area contributed by atoms with E-state index in [-0.39, 0.29) is 5.24 Å². The Bertz CT molecular complexity index is 106. The number of carbonyl (C=O) groups is 1. The van der Waals surface area contributed by atoms with Crippen molar-refractivity contribution in [2.75, 3.05) is 27.7 Å². The van der Waals surface area contributed by atoms with Crippen LogP contribution in [0.1, 0.15) is 6.42 Å². The highest BCUT2D eigenvalue weighted by atomic mass is 35.5. The van der Waals surface area contributed by atoms with Gasteiger partial charge in [0.1, 0.15) is 0 Å². The summed E-state index contributed by atoms with van der Waals surface area (Å²) >= 11 is 5.13. The normalized spacial score (nSPS) is 11.6. The molecule has 0 spiro atoms. The van der Waals surface area contributed by atoms with Crippen LogP contribution in [0.2, 0.25) is 0 Å². The highest BCUT2D eigenvalue weighted by Gasteiger charge is 2.08. The molecule has 0 N–H and O–H groups in total. The second-order valence-electron chi connectivity index (χ2n) is 3.12. The summed E-state index contributed by atoms with van der Waals surface area (Å²) in [6, 6.07) is 0. The van der Waals surface area contributed by atoms with Crippen molar-refractivity contribution < 1.29 is 9.28 Å². The third-order valence-corrected chi connectivity index (χ3v) is 1.17. The second kappa shape index (κ2) is 3.18. The Morgan fingerprint density at radius 1 is 1.44 bits per heavy atom. The molecule has 54 valence electrons. The molecule has 0 rings (SSSR count). The number of carbonyl (C=O) groups excluding carboxylic acids is 1. The van der Waals surface area contributed by atoms with Crippen LogP contribution in [0, 0.1) is 0 Å². The molecule has 0 saturated carbocycles. The number of halogens is 1. The molecular weight excluding hydrogens is 138 g/mol. The molecule has 0 aromatic heterocycles. The molecular formula is C6H13ClNO+. The first-order chi connectivity index (χ1) is 3.92. The summed E-state index contributed by atoms with van der Waals surface area (Å²) in [4.78, 5) is 10.2. The van der Waals surface area contributed by atoms with Crippen LogP contribution in [0.3, 0.4) is 0 Å². The van der Waals surface area contributed by atoms with Crippen molar-refractivity contribution in [3.8, 4) is 0 Å². The van der Waals surface area contributed by atoms with E-state index in [9.17, 15) is 4.79 Å². The molecule has 0 bridgehead atoms. The fourth-order valence-corrected chi connectivity index (χ4v) is 0.508. The van der Waals surface area contributed by atoms with Crippen LogP contribution in [0.4, 0.5) is 0 Å². The van der Waals surface area contributed by atoms with Crippen molar-refractivity contribution in [1.82, 2.24) is 0 Å². The van der Waals surface area contributed by atoms with Gasteiger partial charge in [-0.25, -0.2) is 0 Å². The average molecular weight is 151 g/mol. The number of rotatable bonds is 3. The summed E-state index contributed by atoms with van der Waals surface area (Å²) in [5.74, 6) is 0. The van der Waals surface area contributed by atoms with Gasteiger partial charge in [-0.2, -0.15) is 0 Å². The van der Waals surface area contributed by atoms with Crippen LogP contribution in [0.15, 0.2) is 0 Å². The van der Waals surface area contributed by atoms with E-state index in [0.717, 1.165) is 11.0 Å². The zero-order chi connectivity index (χ0) is 7.49. The van der Waals surface area contributed by atoms with Gasteiger partial charge in [-0.15, -0.1) is 0 Å². The van der Waals surface area contributed by atoms with Crippen LogP contribution in [0.25, 0.3) is 0 Å². The first-order valence-corrected chi connectivity index (χ1v) is 3.28. The van der Waals surface area contributed by atoms with Crippen LogP contribution in [-0.4, -0.2) is 37.4 Å². The molecule has 0 aromatic carbocycles. The highest BCUT2D eigenvalue weighted by molar-refractivity contribution is 6.63. The molecule has 0 atom stereocenters. The lowest BCUT2D eigenvalue weighted by atomic mass is 10.4. The fraction of sp³-hybridized carbons (Fsp3) is 0.833. The van der Waals surface area contributed by atoms with Crippen molar-refractivity contribution in [3.63, 3.8) is 0 Å². The Hall–Kier alpha value is -0.0800. The third-order valence-electron chi connectivity index (χ3n) is 0.979. The van der Waals surface area contributed by atoms with Gasteiger partial charge in [0.25, 0.3) is 0 Å². The highest BCUT2D eigenvalue weighted by Crippen LogP contribution is 1.95. The molecule has 0 amide bonds. The van der Waals surface area contributed by atoms with Crippen molar-refractivity contribution in [1.29, 1.82) is 0 Å². The van der Waals surface area contributed by atoms with Gasteiger partial charge < -0.3 is 4.48 Å². The molecule has 0 aliphatic rings. The van der Waals surface area contributed by atoms with E-state index in [1.165, 1.54) is 0 Å². The van der Waals surface area contributed by atoms with Crippen LogP contribution in [0.5, 0.6) is 0 Å². The zero-order valence-electron chi connectivity index (χ0n) is 6.15. The van der Waals surface area contributed by atoms with Crippen molar-refractivity contribution in [3.05, 3.63) is 0 Å². The molecule has 0 aliphatic carbocycles. The molecule has 9 heavy (non-hydrogen) atoms. The van der Waals surface area contributed by atoms with Crippen LogP contribution >= 0.6 is 11.6 Å². The minimum Gasteiger partial charge on any atom is -0.331 e. The van der Waals surface area contributed by atoms with Crippen molar-refractivity contribution >= 4 is 16.8 Å². The van der Waals surface area contributed by atoms with Gasteiger partial charge in [0.2, 0.25) is 5.24 Å². The first-order valence-electron chi connectivity index (χ1n) is 2.90. The predicted molar refractivity (Wildman–Crippen MR) is 38.4 cm³/mol. The number of nitrogens with zero attached hydrogens (tertiary/aromatic N) is 1. The minimum absolute atomic E-state index is 0.247. The first kappa shape index (κ1) is 8.92. The molecule has 0 unspecified atom stereocenters. The van der Waals surface area contributed by atoms with Gasteiger partial charge in [-0.3, -0.25) is 4.79 Å². The quantitative estimate of drug-likeness (QED) is 0.431. The largest absolute Gasteiger partial charge is 0.331 e. The SMILES string of the molecule is C[N+](C)(C)CCC(=O)Cl. The Balaban J connectivity index is 3.39. The van der Waals surface area contributed by atoms with Crippen molar-refractivity contribution in [2.24, 2.45) is 0 Å². The van der Waals surface area contributed by atoms with E-state index in [4.69, 9.17) is 11.6 Å². The molecule has 0 heterocycles. The molecule has 0 fully saturated rings. The molecule has 0 saturated heterocycles. The molecule has 0 aliphatic heterocycles. The molecule has 0 radical (unpaired) electrons. The standard InChI is InChI=1S/C6H13ClNO/c1-8(2,3)5-4-6(7)9/h4-5H2,1-3H3/q+1. The van der Waals surface area contributed by atoms with E-state index < -0.39 is 0 Å². The predicted octanol–water partition coefficient (Wildman–Crippen LogP) is 0.848. The Morgan fingerprint density at radius 2 is 1.89 bits per heavy atom. The topological polar surface area (TPSA) is 17.1 Å². The number of hydrogen-bond donors (Lipinski definition) is 0. The second-order valence-corrected chi connectivity index (χ2v) is 3.54. The Kier molecular flexibility index (Phi) is 3.15. The molecule has 2 nitrogen and oxygen atoms in total. The maximum atomic E-state index is 10.2. The lowest BCUT2D eigenvalue weighted by molar-refractivity contribution is -0.869. The summed E-state index contributed by atoms with van der Waals surface area (Å²) < 4.78 is 0.790. The van der Waals surface area contributed by atoms with Gasteiger partial charge in [0.05, 0.1) is 34.1 Å². The molecule has 0 aromatic rings. The third kappa shape index (κ3) is 7.92. The monoisotopic (exact) mass is 150 g/mol. The summed E-state index contributed by atoms with van der Waals surface area (Å²) in [6.07, 6.45) is 0.463. The van der Waals surface area contributed by atoms with E-state index in [1.54, 1.807) is 0 Å². The van der Waals surface area contributed by atoms with Gasteiger partial charge in [-0.1, -0.05) is 0 Å². The van der Waals surface area contributed by atoms with Gasteiger partial charge in [0, 0.05) is 0 Å². The number of quaternary nitrogens is 1. The van der Waals surface area contributed by atoms with Gasteiger partial charge in [0.15, 0.2) is 0 Å². The summed E-state index contributed by atoms with van der Waals surface area (Å²) in [5, 5.41) is -0.247. The lowest BCUT2D eigenvalue weighted by Gasteiger charge is -2.22. The smallest absolute Gasteiger partial charge is 0.227 e. The molecule has 3 heteroatoms. The van der Waals surface area contributed by atoms with E-state index in [0.29, 0.717) is 6.42 Å². The average Bonchev–Trinajstić information content (AvgIpc) is 1.59. The summed E-state index contributed by atoms with van der Waals surface area (Å²) in [5.41, 5.74) is 0. The lowest BCUT2D eigenvalue weighted by Crippen LogP contribution is -2.35. The minimum atomic E-state index is -0.247. The zero-order valence-corrected chi connectivity index (χ0v) is 6.90. The summed E-state index contributed by atoms with van der Waals surface area (Å²) in [6.45, 7) is 0.808. The van der Waals surface area contributed by atoms with E-state index in [1.807, 2.05) is 21.1 Å². The van der Waals surface area contributed by atoms with Crippen molar-refractivity contribution in [2.45, 2.75) is 6.42 Å². The van der Waals surface area contributed by atoms with Crippen LogP contribution in [-0.2, 0) is 4.79 Å². The van der Waals surface area contributed by atoms with E-state index in [2.05, 4.69) is 0 Å². The Morgan fingerprint density at radius 3 is 2.00 bits per heavy atom. The van der Waals surface area contributed by atoms with E-state index >= 15 is 0 Å². The van der Waals surface area contributed by atoms with Gasteiger partial charge >= 0.3 is 0 Å². The van der Waals surface area contributed by atoms with Gasteiger partial charge in [-0.05, 0) is 11.6 Å². The maximum Gasteiger partial charge on any atom is 0.227 e. The summed E-state index contributed by atoms with van der Waals surface area (Å²) in [7, 11) is 6.08.